The van der Waals surface area contributed by atoms with Crippen LogP contribution in [0, 0.1) is 0 Å². The van der Waals surface area contributed by atoms with Gasteiger partial charge < -0.3 is 19.8 Å². The summed E-state index contributed by atoms with van der Waals surface area (Å²) in [6, 6.07) is 7.10. The summed E-state index contributed by atoms with van der Waals surface area (Å²) in [4.78, 5) is 18.4. The number of aliphatic hydroxyl groups is 2. The van der Waals surface area contributed by atoms with Crippen LogP contribution >= 0.6 is 22.9 Å². The number of anilines is 1. The van der Waals surface area contributed by atoms with Gasteiger partial charge in [-0.2, -0.15) is 0 Å². The zero-order valence-corrected chi connectivity index (χ0v) is 16.2. The van der Waals surface area contributed by atoms with Crippen LogP contribution in [0.2, 0.25) is 5.02 Å². The lowest BCUT2D eigenvalue weighted by molar-refractivity contribution is 0.115. The summed E-state index contributed by atoms with van der Waals surface area (Å²) in [6.07, 6.45) is 1.52. The second-order valence-corrected chi connectivity index (χ2v) is 7.63. The van der Waals surface area contributed by atoms with Gasteiger partial charge in [0, 0.05) is 42.3 Å². The van der Waals surface area contributed by atoms with Gasteiger partial charge in [0.15, 0.2) is 5.13 Å². The molecule has 2 amide bonds. The van der Waals surface area contributed by atoms with Gasteiger partial charge >= 0.3 is 6.03 Å². The van der Waals surface area contributed by atoms with Crippen LogP contribution in [0.25, 0.3) is 0 Å². The molecule has 0 radical (unpaired) electrons. The van der Waals surface area contributed by atoms with Gasteiger partial charge in [-0.25, -0.2) is 9.78 Å². The van der Waals surface area contributed by atoms with Crippen LogP contribution in [0.15, 0.2) is 29.6 Å². The molecule has 2 heterocycles. The van der Waals surface area contributed by atoms with Crippen LogP contribution in [0.4, 0.5) is 9.93 Å². The maximum absolute atomic E-state index is 12.4. The van der Waals surface area contributed by atoms with Crippen molar-refractivity contribution < 1.29 is 19.7 Å². The predicted molar refractivity (Wildman–Crippen MR) is 105 cm³/mol. The Morgan fingerprint density at radius 2 is 2.11 bits per heavy atom. The molecule has 0 bridgehead atoms. The van der Waals surface area contributed by atoms with Crippen molar-refractivity contribution in [3.63, 3.8) is 0 Å². The summed E-state index contributed by atoms with van der Waals surface area (Å²) in [5, 5.41) is 24.0. The number of rotatable bonds is 6. The lowest BCUT2D eigenvalue weighted by Crippen LogP contribution is -2.43. The van der Waals surface area contributed by atoms with E-state index >= 15 is 0 Å². The summed E-state index contributed by atoms with van der Waals surface area (Å²) in [5.74, 6) is 0.314. The van der Waals surface area contributed by atoms with Gasteiger partial charge in [-0.1, -0.05) is 17.7 Å². The molecule has 0 saturated carbocycles. The minimum absolute atomic E-state index is 0.0499. The Kier molecular flexibility index (Phi) is 6.89. The van der Waals surface area contributed by atoms with E-state index in [-0.39, 0.29) is 25.3 Å². The highest BCUT2D eigenvalue weighted by atomic mass is 35.5. The molecule has 1 fully saturated rings. The van der Waals surface area contributed by atoms with Gasteiger partial charge in [0.2, 0.25) is 0 Å². The average Bonchev–Trinajstić information content (AvgIpc) is 3.11. The number of nitrogens with one attached hydrogen (secondary N) is 1. The molecular formula is C18H22ClN3O4S. The summed E-state index contributed by atoms with van der Waals surface area (Å²) in [7, 11) is 0. The third-order valence-electron chi connectivity index (χ3n) is 4.42. The first-order chi connectivity index (χ1) is 13.1. The monoisotopic (exact) mass is 411 g/mol. The molecule has 0 spiro atoms. The number of carbonyl (C=O) groups is 1. The molecule has 1 aromatic heterocycles. The molecule has 0 unspecified atom stereocenters. The van der Waals surface area contributed by atoms with Gasteiger partial charge in [0.25, 0.3) is 0 Å². The number of nitrogens with zero attached hydrogens (tertiary/aromatic N) is 2. The summed E-state index contributed by atoms with van der Waals surface area (Å²) in [6.45, 7) is 0.803. The Hall–Kier alpha value is -1.87. The van der Waals surface area contributed by atoms with Crippen LogP contribution in [0.1, 0.15) is 24.5 Å². The molecule has 1 aliphatic rings. The van der Waals surface area contributed by atoms with Crippen molar-refractivity contribution in [2.45, 2.75) is 24.9 Å². The maximum atomic E-state index is 12.4. The van der Waals surface area contributed by atoms with Gasteiger partial charge in [0.1, 0.15) is 11.9 Å². The van der Waals surface area contributed by atoms with E-state index in [2.05, 4.69) is 10.3 Å². The SMILES string of the molecule is O=C(Nc1nc(C(CO)CO)cs1)N1CCC(Oc2cccc(Cl)c2)CC1. The van der Waals surface area contributed by atoms with E-state index in [9.17, 15) is 15.0 Å². The molecular weight excluding hydrogens is 390 g/mol. The van der Waals surface area contributed by atoms with Gasteiger partial charge in [-0.3, -0.25) is 5.32 Å². The first-order valence-corrected chi connectivity index (χ1v) is 10.00. The van der Waals surface area contributed by atoms with Gasteiger partial charge in [0.05, 0.1) is 18.9 Å². The number of amides is 2. The van der Waals surface area contributed by atoms with E-state index in [1.54, 1.807) is 22.4 Å². The lowest BCUT2D eigenvalue weighted by atomic mass is 10.1. The molecule has 0 atom stereocenters. The van der Waals surface area contributed by atoms with Crippen LogP contribution in [-0.2, 0) is 0 Å². The molecule has 7 nitrogen and oxygen atoms in total. The number of piperidine rings is 1. The van der Waals surface area contributed by atoms with Crippen LogP contribution < -0.4 is 10.1 Å². The van der Waals surface area contributed by atoms with E-state index < -0.39 is 5.92 Å². The number of benzene rings is 1. The summed E-state index contributed by atoms with van der Waals surface area (Å²) < 4.78 is 5.94. The number of ether oxygens (including phenoxy) is 1. The van der Waals surface area contributed by atoms with Crippen LogP contribution in [-0.4, -0.2) is 58.5 Å². The Morgan fingerprint density at radius 1 is 1.37 bits per heavy atom. The highest BCUT2D eigenvalue weighted by molar-refractivity contribution is 7.13. The number of halogens is 1. The largest absolute Gasteiger partial charge is 0.490 e. The van der Waals surface area contributed by atoms with Crippen molar-refractivity contribution in [1.29, 1.82) is 0 Å². The fourth-order valence-corrected chi connectivity index (χ4v) is 3.82. The van der Waals surface area contributed by atoms with Crippen molar-refractivity contribution in [3.05, 3.63) is 40.4 Å². The molecule has 1 aliphatic heterocycles. The Labute approximate surface area is 166 Å². The zero-order valence-electron chi connectivity index (χ0n) is 14.7. The van der Waals surface area contributed by atoms with E-state index in [0.29, 0.717) is 28.9 Å². The van der Waals surface area contributed by atoms with E-state index in [4.69, 9.17) is 16.3 Å². The molecule has 0 aliphatic carbocycles. The highest BCUT2D eigenvalue weighted by Crippen LogP contribution is 2.24. The predicted octanol–water partition coefficient (Wildman–Crippen LogP) is 2.94. The van der Waals surface area contributed by atoms with E-state index in [0.717, 1.165) is 18.6 Å². The standard InChI is InChI=1S/C18H22ClN3O4S/c19-13-2-1-3-15(8-13)26-14-4-6-22(7-5-14)18(25)21-17-20-16(11-27-17)12(9-23)10-24/h1-3,8,11-12,14,23-24H,4-7,9-10H2,(H,20,21,25). The second kappa shape index (κ2) is 9.36. The number of aromatic nitrogens is 1. The van der Waals surface area contributed by atoms with E-state index in [1.165, 1.54) is 11.3 Å². The number of carbonyl (C=O) groups excluding carboxylic acids is 1. The number of hydrogen-bond donors (Lipinski definition) is 3. The molecule has 3 N–H and O–H groups in total. The number of hydrogen-bond acceptors (Lipinski definition) is 6. The number of urea groups is 1. The Bertz CT molecular complexity index is 761. The Morgan fingerprint density at radius 3 is 2.78 bits per heavy atom. The minimum atomic E-state index is -0.425. The second-order valence-electron chi connectivity index (χ2n) is 6.33. The molecule has 2 aromatic rings. The van der Waals surface area contributed by atoms with Crippen molar-refractivity contribution in [1.82, 2.24) is 9.88 Å². The van der Waals surface area contributed by atoms with Crippen molar-refractivity contribution in [3.8, 4) is 5.75 Å². The number of thiazole rings is 1. The summed E-state index contributed by atoms with van der Waals surface area (Å²) in [5.41, 5.74) is 0.578. The molecule has 1 aromatic carbocycles. The third kappa shape index (κ3) is 5.32. The molecule has 146 valence electrons. The number of aliphatic hydroxyl groups excluding tert-OH is 2. The quantitative estimate of drug-likeness (QED) is 0.679. The molecule has 1 saturated heterocycles. The first kappa shape index (κ1) is 19.9. The smallest absolute Gasteiger partial charge is 0.323 e. The average molecular weight is 412 g/mol. The van der Waals surface area contributed by atoms with E-state index in [1.807, 2.05) is 12.1 Å². The van der Waals surface area contributed by atoms with Gasteiger partial charge in [-0.15, -0.1) is 11.3 Å². The normalized spacial score (nSPS) is 15.2. The van der Waals surface area contributed by atoms with Crippen molar-refractivity contribution in [2.24, 2.45) is 0 Å². The minimum Gasteiger partial charge on any atom is -0.490 e. The molecule has 9 heteroatoms. The topological polar surface area (TPSA) is 94.9 Å². The third-order valence-corrected chi connectivity index (χ3v) is 5.43. The van der Waals surface area contributed by atoms with Crippen LogP contribution in [0.3, 0.4) is 0 Å². The zero-order chi connectivity index (χ0) is 19.2. The first-order valence-electron chi connectivity index (χ1n) is 8.74. The highest BCUT2D eigenvalue weighted by Gasteiger charge is 2.25. The fourth-order valence-electron chi connectivity index (χ4n) is 2.86. The fraction of sp³-hybridized carbons (Fsp3) is 0.444. The summed E-state index contributed by atoms with van der Waals surface area (Å²) >= 11 is 7.25. The Balaban J connectivity index is 1.48. The molecule has 3 rings (SSSR count). The molecule has 27 heavy (non-hydrogen) atoms. The lowest BCUT2D eigenvalue weighted by Gasteiger charge is -2.32. The van der Waals surface area contributed by atoms with Gasteiger partial charge in [-0.05, 0) is 18.2 Å². The maximum Gasteiger partial charge on any atom is 0.323 e. The van der Waals surface area contributed by atoms with Crippen molar-refractivity contribution >= 4 is 34.1 Å². The van der Waals surface area contributed by atoms with Crippen molar-refractivity contribution in [2.75, 3.05) is 31.6 Å². The number of likely N-dealkylation sites (tertiary alicyclic amines) is 1. The van der Waals surface area contributed by atoms with Crippen LogP contribution in [0.5, 0.6) is 5.75 Å².